The Labute approximate surface area is 139 Å². The van der Waals surface area contributed by atoms with Gasteiger partial charge in [0.15, 0.2) is 5.96 Å². The summed E-state index contributed by atoms with van der Waals surface area (Å²) in [6, 6.07) is 7.81. The second-order valence-electron chi connectivity index (χ2n) is 5.15. The van der Waals surface area contributed by atoms with Gasteiger partial charge in [0.05, 0.1) is 18.9 Å². The summed E-state index contributed by atoms with van der Waals surface area (Å²) >= 11 is 0. The van der Waals surface area contributed by atoms with Gasteiger partial charge in [-0.25, -0.2) is 13.4 Å². The molecule has 0 atom stereocenters. The van der Waals surface area contributed by atoms with Crippen molar-refractivity contribution in [2.45, 2.75) is 26.8 Å². The van der Waals surface area contributed by atoms with Crippen LogP contribution in [0.1, 0.15) is 25.8 Å². The fraction of sp³-hybridized carbons (Fsp3) is 0.562. The summed E-state index contributed by atoms with van der Waals surface area (Å²) in [6.45, 7) is 6.36. The number of hydrogen-bond donors (Lipinski definition) is 2. The highest BCUT2D eigenvalue weighted by atomic mass is 32.2. The normalized spacial score (nSPS) is 12.0. The van der Waals surface area contributed by atoms with E-state index in [1.54, 1.807) is 0 Å². The second-order valence-corrected chi connectivity index (χ2v) is 7.41. The van der Waals surface area contributed by atoms with Crippen LogP contribution in [-0.4, -0.2) is 46.1 Å². The average Bonchev–Trinajstić information content (AvgIpc) is 2.49. The zero-order chi connectivity index (χ0) is 17.1. The molecule has 0 aliphatic heterocycles. The summed E-state index contributed by atoms with van der Waals surface area (Å²) in [4.78, 5) is 4.53. The van der Waals surface area contributed by atoms with Gasteiger partial charge in [0.2, 0.25) is 0 Å². The van der Waals surface area contributed by atoms with Gasteiger partial charge < -0.3 is 15.4 Å². The minimum atomic E-state index is -2.92. The third kappa shape index (κ3) is 8.44. The van der Waals surface area contributed by atoms with Crippen LogP contribution in [0.4, 0.5) is 0 Å². The van der Waals surface area contributed by atoms with Gasteiger partial charge in [0, 0.05) is 24.9 Å². The summed E-state index contributed by atoms with van der Waals surface area (Å²) in [5, 5.41) is 6.30. The Morgan fingerprint density at radius 1 is 1.22 bits per heavy atom. The molecule has 130 valence electrons. The van der Waals surface area contributed by atoms with Gasteiger partial charge in [-0.05, 0) is 26.3 Å². The highest BCUT2D eigenvalue weighted by molar-refractivity contribution is 7.90. The third-order valence-electron chi connectivity index (χ3n) is 3.01. The minimum absolute atomic E-state index is 0.173. The Kier molecular flexibility index (Phi) is 8.47. The molecule has 1 aromatic rings. The van der Waals surface area contributed by atoms with Crippen LogP contribution in [0.15, 0.2) is 29.3 Å². The molecule has 0 saturated carbocycles. The number of rotatable bonds is 9. The predicted octanol–water partition coefficient (Wildman–Crippen LogP) is 1.58. The van der Waals surface area contributed by atoms with Crippen LogP contribution in [0.25, 0.3) is 0 Å². The summed E-state index contributed by atoms with van der Waals surface area (Å²) in [6.07, 6.45) is 1.80. The molecule has 0 unspecified atom stereocenters. The molecule has 0 fully saturated rings. The molecule has 2 N–H and O–H groups in total. The number of nitrogens with one attached hydrogen (secondary N) is 2. The molecule has 7 heteroatoms. The molecule has 0 saturated heterocycles. The first-order valence-corrected chi connectivity index (χ1v) is 9.93. The standard InChI is InChI=1S/C16H27N3O3S/c1-4-17-16(18-11-8-12-23(3,20)21)19-13-14-9-6-7-10-15(14)22-5-2/h6-7,9-10H,4-5,8,11-13H2,1-3H3,(H2,17,18,19). The van der Waals surface area contributed by atoms with Crippen LogP contribution in [-0.2, 0) is 16.4 Å². The van der Waals surface area contributed by atoms with Crippen molar-refractivity contribution < 1.29 is 13.2 Å². The van der Waals surface area contributed by atoms with Crippen LogP contribution in [0.3, 0.4) is 0 Å². The number of nitrogens with zero attached hydrogens (tertiary/aromatic N) is 1. The van der Waals surface area contributed by atoms with Crippen LogP contribution in [0.5, 0.6) is 5.75 Å². The predicted molar refractivity (Wildman–Crippen MR) is 94.8 cm³/mol. The summed E-state index contributed by atoms with van der Waals surface area (Å²) in [5.74, 6) is 1.69. The van der Waals surface area contributed by atoms with E-state index >= 15 is 0 Å². The van der Waals surface area contributed by atoms with Crippen molar-refractivity contribution >= 4 is 15.8 Å². The van der Waals surface area contributed by atoms with Crippen molar-refractivity contribution in [1.82, 2.24) is 10.6 Å². The molecule has 0 heterocycles. The van der Waals surface area contributed by atoms with E-state index in [1.807, 2.05) is 38.1 Å². The topological polar surface area (TPSA) is 79.8 Å². The highest BCUT2D eigenvalue weighted by Gasteiger charge is 2.04. The van der Waals surface area contributed by atoms with Crippen molar-refractivity contribution in [3.63, 3.8) is 0 Å². The fourth-order valence-electron chi connectivity index (χ4n) is 1.98. The van der Waals surface area contributed by atoms with E-state index in [-0.39, 0.29) is 5.75 Å². The molecule has 0 amide bonds. The number of aliphatic imine (C=N–C) groups is 1. The van der Waals surface area contributed by atoms with E-state index in [0.717, 1.165) is 17.9 Å². The summed E-state index contributed by atoms with van der Waals surface area (Å²) in [7, 11) is -2.92. The van der Waals surface area contributed by atoms with E-state index in [9.17, 15) is 8.42 Å². The van der Waals surface area contributed by atoms with Crippen molar-refractivity contribution in [3.05, 3.63) is 29.8 Å². The lowest BCUT2D eigenvalue weighted by molar-refractivity contribution is 0.336. The van der Waals surface area contributed by atoms with E-state index in [2.05, 4.69) is 15.6 Å². The van der Waals surface area contributed by atoms with E-state index < -0.39 is 9.84 Å². The second kappa shape index (κ2) is 10.1. The van der Waals surface area contributed by atoms with E-state index in [1.165, 1.54) is 6.26 Å². The smallest absolute Gasteiger partial charge is 0.191 e. The molecular weight excluding hydrogens is 314 g/mol. The van der Waals surface area contributed by atoms with Crippen LogP contribution in [0, 0.1) is 0 Å². The number of para-hydroxylation sites is 1. The number of sulfone groups is 1. The first kappa shape index (κ1) is 19.3. The number of ether oxygens (including phenoxy) is 1. The van der Waals surface area contributed by atoms with E-state index in [0.29, 0.717) is 32.1 Å². The maximum absolute atomic E-state index is 11.1. The molecule has 0 aliphatic carbocycles. The zero-order valence-electron chi connectivity index (χ0n) is 14.1. The molecular formula is C16H27N3O3S. The quantitative estimate of drug-likeness (QED) is 0.405. The van der Waals surface area contributed by atoms with Crippen LogP contribution < -0.4 is 15.4 Å². The maximum Gasteiger partial charge on any atom is 0.191 e. The molecule has 0 bridgehead atoms. The monoisotopic (exact) mass is 341 g/mol. The molecule has 23 heavy (non-hydrogen) atoms. The lowest BCUT2D eigenvalue weighted by atomic mass is 10.2. The van der Waals surface area contributed by atoms with Crippen molar-refractivity contribution in [3.8, 4) is 5.75 Å². The number of guanidine groups is 1. The average molecular weight is 341 g/mol. The van der Waals surface area contributed by atoms with Crippen molar-refractivity contribution in [1.29, 1.82) is 0 Å². The summed E-state index contributed by atoms with van der Waals surface area (Å²) < 4.78 is 27.8. The zero-order valence-corrected chi connectivity index (χ0v) is 14.9. The van der Waals surface area contributed by atoms with Crippen molar-refractivity contribution in [2.75, 3.05) is 31.7 Å². The molecule has 0 radical (unpaired) electrons. The Morgan fingerprint density at radius 2 is 1.96 bits per heavy atom. The van der Waals surface area contributed by atoms with Crippen LogP contribution >= 0.6 is 0 Å². The van der Waals surface area contributed by atoms with Gasteiger partial charge in [-0.1, -0.05) is 18.2 Å². The first-order chi connectivity index (χ1) is 11.0. The van der Waals surface area contributed by atoms with Crippen molar-refractivity contribution in [2.24, 2.45) is 4.99 Å². The van der Waals surface area contributed by atoms with Gasteiger partial charge in [-0.2, -0.15) is 0 Å². The first-order valence-electron chi connectivity index (χ1n) is 7.87. The largest absolute Gasteiger partial charge is 0.494 e. The van der Waals surface area contributed by atoms with Crippen LogP contribution in [0.2, 0.25) is 0 Å². The van der Waals surface area contributed by atoms with Gasteiger partial charge in [-0.3, -0.25) is 0 Å². The minimum Gasteiger partial charge on any atom is -0.494 e. The molecule has 0 spiro atoms. The lowest BCUT2D eigenvalue weighted by Crippen LogP contribution is -2.38. The molecule has 0 aliphatic rings. The van der Waals surface area contributed by atoms with Gasteiger partial charge in [-0.15, -0.1) is 0 Å². The third-order valence-corrected chi connectivity index (χ3v) is 4.04. The maximum atomic E-state index is 11.1. The Morgan fingerprint density at radius 3 is 2.61 bits per heavy atom. The lowest BCUT2D eigenvalue weighted by Gasteiger charge is -2.12. The molecule has 1 rings (SSSR count). The molecule has 6 nitrogen and oxygen atoms in total. The number of benzene rings is 1. The SMILES string of the molecule is CCNC(=NCc1ccccc1OCC)NCCCS(C)(=O)=O. The Hall–Kier alpha value is -1.76. The Bertz CT molecular complexity index is 600. The van der Waals surface area contributed by atoms with E-state index in [4.69, 9.17) is 4.74 Å². The number of hydrogen-bond acceptors (Lipinski definition) is 4. The van der Waals surface area contributed by atoms with Gasteiger partial charge in [0.25, 0.3) is 0 Å². The van der Waals surface area contributed by atoms with Gasteiger partial charge >= 0.3 is 0 Å². The molecule has 0 aromatic heterocycles. The Balaban J connectivity index is 2.61. The van der Waals surface area contributed by atoms with Gasteiger partial charge in [0.1, 0.15) is 15.6 Å². The fourth-order valence-corrected chi connectivity index (χ4v) is 2.65. The molecule has 1 aromatic carbocycles. The summed E-state index contributed by atoms with van der Waals surface area (Å²) in [5.41, 5.74) is 1.02. The highest BCUT2D eigenvalue weighted by Crippen LogP contribution is 2.18.